The third-order valence-electron chi connectivity index (χ3n) is 4.57. The topological polar surface area (TPSA) is 69.8 Å². The molecule has 1 aromatic heterocycles. The number of aromatic nitrogens is 2. The number of fused-ring (bicyclic) bond motifs is 1. The van der Waals surface area contributed by atoms with Crippen molar-refractivity contribution in [2.45, 2.75) is 19.3 Å². The molecule has 5 nitrogen and oxygen atoms in total. The van der Waals surface area contributed by atoms with Crippen LogP contribution in [0.25, 0.3) is 22.0 Å². The van der Waals surface area contributed by atoms with Crippen LogP contribution < -0.4 is 16.2 Å². The van der Waals surface area contributed by atoms with Gasteiger partial charge in [0.15, 0.2) is 0 Å². The summed E-state index contributed by atoms with van der Waals surface area (Å²) in [7, 11) is 0. The molecule has 0 radical (unpaired) electrons. The number of benzene rings is 2. The van der Waals surface area contributed by atoms with Crippen molar-refractivity contribution in [1.82, 2.24) is 15.5 Å². The van der Waals surface area contributed by atoms with Crippen molar-refractivity contribution in [2.24, 2.45) is 0 Å². The van der Waals surface area contributed by atoms with Gasteiger partial charge in [0.1, 0.15) is 0 Å². The highest BCUT2D eigenvalue weighted by Gasteiger charge is 2.10. The summed E-state index contributed by atoms with van der Waals surface area (Å²) in [6.45, 7) is 6.41. The lowest BCUT2D eigenvalue weighted by atomic mass is 10.0. The molecule has 0 aliphatic heterocycles. The van der Waals surface area contributed by atoms with E-state index in [1.165, 1.54) is 0 Å². The number of anilines is 1. The molecule has 0 atom stereocenters. The minimum Gasteiger partial charge on any atom is -0.384 e. The summed E-state index contributed by atoms with van der Waals surface area (Å²) in [5.74, 6) is 0. The molecule has 2 aromatic carbocycles. The second-order valence-electron chi connectivity index (χ2n) is 6.62. The molecular formula is C22H25ClN4O. The predicted molar refractivity (Wildman–Crippen MR) is 118 cm³/mol. The first-order valence-corrected chi connectivity index (χ1v) is 9.91. The van der Waals surface area contributed by atoms with Crippen molar-refractivity contribution in [2.75, 3.05) is 25.0 Å². The van der Waals surface area contributed by atoms with Gasteiger partial charge in [-0.3, -0.25) is 4.79 Å². The summed E-state index contributed by atoms with van der Waals surface area (Å²) in [5.41, 5.74) is 2.34. The summed E-state index contributed by atoms with van der Waals surface area (Å²) in [5, 5.41) is 15.7. The molecule has 0 bridgehead atoms. The highest BCUT2D eigenvalue weighted by Crippen LogP contribution is 2.30. The molecule has 0 saturated heterocycles. The number of rotatable bonds is 10. The Balaban J connectivity index is 1.68. The Hall–Kier alpha value is -2.63. The zero-order valence-electron chi connectivity index (χ0n) is 15.8. The lowest BCUT2D eigenvalue weighted by molar-refractivity contribution is 0.638. The lowest BCUT2D eigenvalue weighted by Crippen LogP contribution is -2.14. The van der Waals surface area contributed by atoms with Crippen LogP contribution in [-0.2, 0) is 0 Å². The fourth-order valence-corrected chi connectivity index (χ4v) is 3.31. The van der Waals surface area contributed by atoms with E-state index in [2.05, 4.69) is 27.4 Å². The highest BCUT2D eigenvalue weighted by atomic mass is 35.5. The van der Waals surface area contributed by atoms with Crippen LogP contribution >= 0.6 is 11.6 Å². The van der Waals surface area contributed by atoms with Gasteiger partial charge >= 0.3 is 0 Å². The van der Waals surface area contributed by atoms with Crippen LogP contribution in [-0.4, -0.2) is 29.8 Å². The maximum absolute atomic E-state index is 12.0. The van der Waals surface area contributed by atoms with Gasteiger partial charge in [0, 0.05) is 24.0 Å². The number of unbranched alkanes of at least 4 members (excludes halogenated alkanes) is 2. The van der Waals surface area contributed by atoms with Gasteiger partial charge in [0.05, 0.1) is 21.8 Å². The standard InChI is InChI=1S/C22H25ClN4O/c1-2-12-24-13-6-3-7-14-25-20-15-16(10-11-19(20)23)21-17-8-4-5-9-18(17)22(28)27-26-21/h2,4-5,8-11,15,24-25H,1,3,6-7,12-14H2,(H,27,28). The third-order valence-corrected chi connectivity index (χ3v) is 4.90. The Morgan fingerprint density at radius 1 is 1.07 bits per heavy atom. The minimum atomic E-state index is -0.186. The van der Waals surface area contributed by atoms with Crippen molar-refractivity contribution in [3.63, 3.8) is 0 Å². The number of halogens is 1. The van der Waals surface area contributed by atoms with Crippen molar-refractivity contribution in [1.29, 1.82) is 0 Å². The highest BCUT2D eigenvalue weighted by molar-refractivity contribution is 6.33. The quantitative estimate of drug-likeness (QED) is 0.346. The average molecular weight is 397 g/mol. The molecule has 3 N–H and O–H groups in total. The summed E-state index contributed by atoms with van der Waals surface area (Å²) in [6.07, 6.45) is 5.21. The van der Waals surface area contributed by atoms with Gasteiger partial charge in [-0.2, -0.15) is 5.10 Å². The van der Waals surface area contributed by atoms with Gasteiger partial charge < -0.3 is 10.6 Å². The number of H-pyrrole nitrogens is 1. The number of nitrogens with zero attached hydrogens (tertiary/aromatic N) is 1. The first kappa shape index (κ1) is 20.1. The van der Waals surface area contributed by atoms with Gasteiger partial charge in [-0.25, -0.2) is 5.10 Å². The van der Waals surface area contributed by atoms with E-state index >= 15 is 0 Å². The first-order valence-electron chi connectivity index (χ1n) is 9.53. The van der Waals surface area contributed by atoms with Crippen molar-refractivity contribution in [3.8, 4) is 11.3 Å². The molecule has 1 heterocycles. The van der Waals surface area contributed by atoms with Crippen LogP contribution in [0.5, 0.6) is 0 Å². The van der Waals surface area contributed by atoms with E-state index in [0.29, 0.717) is 10.4 Å². The molecule has 0 amide bonds. The number of hydrogen-bond donors (Lipinski definition) is 3. The Bertz CT molecular complexity index is 999. The molecule has 0 aliphatic carbocycles. The fourth-order valence-electron chi connectivity index (χ4n) is 3.12. The van der Waals surface area contributed by atoms with Crippen molar-refractivity contribution in [3.05, 3.63) is 70.5 Å². The molecule has 0 spiro atoms. The molecule has 0 unspecified atom stereocenters. The maximum atomic E-state index is 12.0. The Morgan fingerprint density at radius 3 is 2.68 bits per heavy atom. The Labute approximate surface area is 169 Å². The summed E-state index contributed by atoms with van der Waals surface area (Å²) in [6, 6.07) is 13.2. The van der Waals surface area contributed by atoms with E-state index in [4.69, 9.17) is 11.6 Å². The van der Waals surface area contributed by atoms with Crippen LogP contribution in [0.15, 0.2) is 59.9 Å². The maximum Gasteiger partial charge on any atom is 0.272 e. The van der Waals surface area contributed by atoms with E-state index in [0.717, 1.165) is 61.2 Å². The average Bonchev–Trinajstić information content (AvgIpc) is 2.72. The zero-order valence-corrected chi connectivity index (χ0v) is 16.6. The van der Waals surface area contributed by atoms with Gasteiger partial charge in [-0.05, 0) is 37.6 Å². The van der Waals surface area contributed by atoms with Gasteiger partial charge in [-0.1, -0.05) is 48.4 Å². The molecule has 28 heavy (non-hydrogen) atoms. The van der Waals surface area contributed by atoms with Crippen molar-refractivity contribution >= 4 is 28.1 Å². The lowest BCUT2D eigenvalue weighted by Gasteiger charge is -2.11. The van der Waals surface area contributed by atoms with E-state index in [9.17, 15) is 4.79 Å². The van der Waals surface area contributed by atoms with Crippen LogP contribution in [0, 0.1) is 0 Å². The second-order valence-corrected chi connectivity index (χ2v) is 7.03. The summed E-state index contributed by atoms with van der Waals surface area (Å²) < 4.78 is 0. The van der Waals surface area contributed by atoms with Crippen LogP contribution in [0.4, 0.5) is 5.69 Å². The van der Waals surface area contributed by atoms with Gasteiger partial charge in [0.25, 0.3) is 5.56 Å². The molecule has 3 rings (SSSR count). The van der Waals surface area contributed by atoms with E-state index in [1.54, 1.807) is 6.07 Å². The van der Waals surface area contributed by atoms with Crippen LogP contribution in [0.1, 0.15) is 19.3 Å². The molecule has 0 saturated carbocycles. The van der Waals surface area contributed by atoms with E-state index < -0.39 is 0 Å². The SMILES string of the molecule is C=CCNCCCCCNc1cc(-c2n[nH]c(=O)c3ccccc23)ccc1Cl. The van der Waals surface area contributed by atoms with Crippen molar-refractivity contribution < 1.29 is 0 Å². The number of aromatic amines is 1. The molecule has 6 heteroatoms. The summed E-state index contributed by atoms with van der Waals surface area (Å²) >= 11 is 6.36. The first-order chi connectivity index (χ1) is 13.7. The second kappa shape index (κ2) is 10.1. The largest absolute Gasteiger partial charge is 0.384 e. The van der Waals surface area contributed by atoms with Gasteiger partial charge in [0.2, 0.25) is 0 Å². The van der Waals surface area contributed by atoms with E-state index in [1.807, 2.05) is 42.5 Å². The third kappa shape index (κ3) is 5.00. The smallest absolute Gasteiger partial charge is 0.272 e. The van der Waals surface area contributed by atoms with Gasteiger partial charge in [-0.15, -0.1) is 6.58 Å². The van der Waals surface area contributed by atoms with Crippen LogP contribution in [0.2, 0.25) is 5.02 Å². The normalized spacial score (nSPS) is 10.9. The van der Waals surface area contributed by atoms with E-state index in [-0.39, 0.29) is 5.56 Å². The zero-order chi connectivity index (χ0) is 19.8. The fraction of sp³-hybridized carbons (Fsp3) is 0.273. The molecule has 0 aliphatic rings. The minimum absolute atomic E-state index is 0.186. The number of nitrogens with one attached hydrogen (secondary N) is 3. The molecule has 146 valence electrons. The van der Waals surface area contributed by atoms with Crippen LogP contribution in [0.3, 0.4) is 0 Å². The molecular weight excluding hydrogens is 372 g/mol. The Morgan fingerprint density at radius 2 is 1.86 bits per heavy atom. The molecule has 3 aromatic rings. The molecule has 0 fully saturated rings. The Kier molecular flexibility index (Phi) is 7.23. The summed E-state index contributed by atoms with van der Waals surface area (Å²) in [4.78, 5) is 12.0. The monoisotopic (exact) mass is 396 g/mol. The predicted octanol–water partition coefficient (Wildman–Crippen LogP) is 4.60. The number of hydrogen-bond acceptors (Lipinski definition) is 4.